The van der Waals surface area contributed by atoms with Crippen LogP contribution in [-0.4, -0.2) is 105 Å². The Labute approximate surface area is 307 Å². The Morgan fingerprint density at radius 2 is 1.15 bits per heavy atom. The SMILES string of the molecule is C/C=C1\C[C@H]2C=Nc3cc(OCCCP(=O)(CCCC)CCCOc4cc5c(cc4OC)C(=O)N4C/C(=C/C)C[C@H]4C=N5)c(OC)cc3C(=O)N2C1. The van der Waals surface area contributed by atoms with E-state index in [1.165, 1.54) is 11.1 Å². The molecule has 278 valence electrons. The van der Waals surface area contributed by atoms with Gasteiger partial charge in [0, 0.05) is 56.1 Å². The number of carbonyl (C=O) groups is 2. The summed E-state index contributed by atoms with van der Waals surface area (Å²) in [6.07, 6.45) is 14.3. The molecule has 0 N–H and O–H groups in total. The van der Waals surface area contributed by atoms with Crippen molar-refractivity contribution in [2.45, 2.75) is 71.4 Å². The zero-order chi connectivity index (χ0) is 36.8. The molecule has 2 aromatic carbocycles. The minimum atomic E-state index is -2.50. The summed E-state index contributed by atoms with van der Waals surface area (Å²) < 4.78 is 37.8. The van der Waals surface area contributed by atoms with Crippen molar-refractivity contribution in [3.8, 4) is 23.0 Å². The fraction of sp³-hybridized carbons (Fsp3) is 0.500. The molecule has 2 aromatic rings. The summed E-state index contributed by atoms with van der Waals surface area (Å²) in [6, 6.07) is 6.88. The Morgan fingerprint density at radius 1 is 0.712 bits per heavy atom. The third-order valence-electron chi connectivity index (χ3n) is 10.5. The van der Waals surface area contributed by atoms with Crippen molar-refractivity contribution >= 4 is 42.8 Å². The maximum absolute atomic E-state index is 14.2. The zero-order valence-corrected chi connectivity index (χ0v) is 32.0. The van der Waals surface area contributed by atoms with E-state index in [-0.39, 0.29) is 23.9 Å². The number of hydrogen-bond acceptors (Lipinski definition) is 9. The Morgan fingerprint density at radius 3 is 1.56 bits per heavy atom. The van der Waals surface area contributed by atoms with E-state index in [4.69, 9.17) is 18.9 Å². The number of methoxy groups -OCH3 is 2. The summed E-state index contributed by atoms with van der Waals surface area (Å²) in [4.78, 5) is 39.9. The van der Waals surface area contributed by atoms with Crippen LogP contribution < -0.4 is 18.9 Å². The van der Waals surface area contributed by atoms with Gasteiger partial charge in [-0.15, -0.1) is 0 Å². The molecule has 6 rings (SSSR count). The smallest absolute Gasteiger partial charge is 0.257 e. The number of carbonyl (C=O) groups excluding carboxylic acids is 2. The summed E-state index contributed by atoms with van der Waals surface area (Å²) in [6.45, 7) is 8.04. The van der Waals surface area contributed by atoms with Crippen molar-refractivity contribution in [1.82, 2.24) is 9.80 Å². The molecule has 0 aromatic heterocycles. The highest BCUT2D eigenvalue weighted by Crippen LogP contribution is 2.48. The van der Waals surface area contributed by atoms with Crippen LogP contribution >= 0.6 is 7.14 Å². The summed E-state index contributed by atoms with van der Waals surface area (Å²) in [7, 11) is 0.626. The molecule has 2 atom stereocenters. The Kier molecular flexibility index (Phi) is 11.9. The number of aliphatic imine (C=N–C) groups is 2. The normalized spacial score (nSPS) is 21.7. The van der Waals surface area contributed by atoms with E-state index in [0.29, 0.717) is 103 Å². The molecule has 4 aliphatic heterocycles. The van der Waals surface area contributed by atoms with Crippen molar-refractivity contribution in [2.75, 3.05) is 59.0 Å². The number of ether oxygens (including phenoxy) is 4. The summed E-state index contributed by atoms with van der Waals surface area (Å²) in [5.41, 5.74) is 4.59. The van der Waals surface area contributed by atoms with Crippen LogP contribution in [0.25, 0.3) is 0 Å². The molecule has 0 radical (unpaired) electrons. The number of nitrogens with zero attached hydrogens (tertiary/aromatic N) is 4. The maximum atomic E-state index is 14.2. The van der Waals surface area contributed by atoms with Gasteiger partial charge in [0.15, 0.2) is 23.0 Å². The highest BCUT2D eigenvalue weighted by Gasteiger charge is 2.36. The van der Waals surface area contributed by atoms with E-state index in [0.717, 1.165) is 25.7 Å². The number of allylic oxidation sites excluding steroid dienone is 2. The molecule has 12 heteroatoms. The molecule has 0 saturated carbocycles. The molecule has 2 fully saturated rings. The van der Waals surface area contributed by atoms with Crippen molar-refractivity contribution in [1.29, 1.82) is 0 Å². The molecule has 2 amide bonds. The van der Waals surface area contributed by atoms with Crippen LogP contribution in [0, 0.1) is 0 Å². The van der Waals surface area contributed by atoms with E-state index in [1.54, 1.807) is 38.5 Å². The largest absolute Gasteiger partial charge is 0.493 e. The van der Waals surface area contributed by atoms with Gasteiger partial charge in [0.25, 0.3) is 11.8 Å². The first kappa shape index (κ1) is 37.4. The molecule has 4 heterocycles. The van der Waals surface area contributed by atoms with Crippen LogP contribution in [0.1, 0.15) is 80.0 Å². The summed E-state index contributed by atoms with van der Waals surface area (Å²) in [5.74, 6) is 1.86. The van der Waals surface area contributed by atoms with E-state index in [2.05, 4.69) is 29.1 Å². The third-order valence-corrected chi connectivity index (χ3v) is 13.9. The van der Waals surface area contributed by atoms with Crippen LogP contribution in [-0.2, 0) is 4.57 Å². The van der Waals surface area contributed by atoms with Gasteiger partial charge < -0.3 is 33.3 Å². The van der Waals surface area contributed by atoms with Gasteiger partial charge in [-0.05, 0) is 58.1 Å². The van der Waals surface area contributed by atoms with Gasteiger partial charge >= 0.3 is 0 Å². The standard InChI is InChI=1S/C40H51N4O7P/c1-6-9-14-52(47,15-10-12-50-37-21-33-31(19-35(37)48-4)39(45)43-25-27(7-2)17-29(43)23-41-33)16-11-13-51-38-22-34-32(20-36(38)49-5)40(46)44-26-28(8-3)18-30(44)24-42-34/h7-8,19-24,29-30H,6,9-18,25-26H2,1-5H3/b27-7+,28-8+/t29-,30-/m0/s1. The summed E-state index contributed by atoms with van der Waals surface area (Å²) >= 11 is 0. The van der Waals surface area contributed by atoms with Gasteiger partial charge in [0.2, 0.25) is 0 Å². The lowest BCUT2D eigenvalue weighted by Gasteiger charge is -2.21. The Hall–Kier alpha value is -4.37. The second-order valence-electron chi connectivity index (χ2n) is 13.9. The van der Waals surface area contributed by atoms with Gasteiger partial charge in [0.1, 0.15) is 0 Å². The molecular weight excluding hydrogens is 679 g/mol. The van der Waals surface area contributed by atoms with Gasteiger partial charge in [-0.25, -0.2) is 0 Å². The van der Waals surface area contributed by atoms with Gasteiger partial charge in [-0.3, -0.25) is 19.6 Å². The first-order valence-electron chi connectivity index (χ1n) is 18.5. The Balaban J connectivity index is 1.05. The molecular formula is C40H51N4O7P. The van der Waals surface area contributed by atoms with Crippen molar-refractivity contribution < 1.29 is 33.1 Å². The van der Waals surface area contributed by atoms with Gasteiger partial charge in [-0.2, -0.15) is 0 Å². The lowest BCUT2D eigenvalue weighted by Crippen LogP contribution is -2.35. The van der Waals surface area contributed by atoms with Crippen LogP contribution in [0.2, 0.25) is 0 Å². The predicted octanol–water partition coefficient (Wildman–Crippen LogP) is 7.86. The van der Waals surface area contributed by atoms with Crippen LogP contribution in [0.3, 0.4) is 0 Å². The van der Waals surface area contributed by atoms with Crippen molar-refractivity contribution in [3.05, 3.63) is 58.7 Å². The molecule has 0 unspecified atom stereocenters. The highest BCUT2D eigenvalue weighted by atomic mass is 31.2. The molecule has 11 nitrogen and oxygen atoms in total. The van der Waals surface area contributed by atoms with Crippen molar-refractivity contribution in [3.63, 3.8) is 0 Å². The quantitative estimate of drug-likeness (QED) is 0.104. The number of rotatable bonds is 15. The number of benzene rings is 2. The number of fused-ring (bicyclic) bond motifs is 4. The fourth-order valence-corrected chi connectivity index (χ4v) is 10.4. The van der Waals surface area contributed by atoms with Gasteiger partial charge in [0.05, 0.1) is 69.2 Å². The lowest BCUT2D eigenvalue weighted by molar-refractivity contribution is 0.0769. The summed E-state index contributed by atoms with van der Waals surface area (Å²) in [5, 5.41) is 0. The molecule has 4 aliphatic rings. The van der Waals surface area contributed by atoms with Crippen LogP contribution in [0.4, 0.5) is 11.4 Å². The minimum absolute atomic E-state index is 0.0565. The molecule has 0 aliphatic carbocycles. The Bertz CT molecular complexity index is 1730. The zero-order valence-electron chi connectivity index (χ0n) is 31.1. The first-order valence-corrected chi connectivity index (χ1v) is 20.7. The highest BCUT2D eigenvalue weighted by molar-refractivity contribution is 7.63. The van der Waals surface area contributed by atoms with E-state index in [9.17, 15) is 14.2 Å². The monoisotopic (exact) mass is 730 g/mol. The average Bonchev–Trinajstić information content (AvgIpc) is 3.73. The molecule has 2 saturated heterocycles. The van der Waals surface area contributed by atoms with Gasteiger partial charge in [-0.1, -0.05) is 36.6 Å². The molecule has 52 heavy (non-hydrogen) atoms. The van der Waals surface area contributed by atoms with E-state index in [1.807, 2.05) is 36.1 Å². The van der Waals surface area contributed by atoms with Crippen LogP contribution in [0.15, 0.2) is 57.5 Å². The maximum Gasteiger partial charge on any atom is 0.257 e. The molecule has 0 bridgehead atoms. The van der Waals surface area contributed by atoms with E-state index < -0.39 is 7.14 Å². The topological polar surface area (TPSA) is 119 Å². The van der Waals surface area contributed by atoms with Crippen molar-refractivity contribution in [2.24, 2.45) is 9.98 Å². The van der Waals surface area contributed by atoms with E-state index >= 15 is 0 Å². The first-order chi connectivity index (χ1) is 25.2. The second kappa shape index (κ2) is 16.5. The average molecular weight is 731 g/mol. The third kappa shape index (κ3) is 7.99. The molecule has 0 spiro atoms. The number of hydrogen-bond donors (Lipinski definition) is 0. The second-order valence-corrected chi connectivity index (χ2v) is 17.3. The lowest BCUT2D eigenvalue weighted by atomic mass is 10.1. The van der Waals surface area contributed by atoms with Crippen LogP contribution in [0.5, 0.6) is 23.0 Å². The number of unbranched alkanes of at least 4 members (excludes halogenated alkanes) is 1. The number of amides is 2. The fourth-order valence-electron chi connectivity index (χ4n) is 7.38. The predicted molar refractivity (Wildman–Crippen MR) is 206 cm³/mol. The minimum Gasteiger partial charge on any atom is -0.493 e.